The third-order valence-electron chi connectivity index (χ3n) is 2.23. The topological polar surface area (TPSA) is 32.3 Å². The highest BCUT2D eigenvalue weighted by molar-refractivity contribution is 5.85. The van der Waals surface area contributed by atoms with Crippen molar-refractivity contribution in [3.8, 4) is 0 Å². The molecule has 0 aliphatic carbocycles. The molecule has 1 saturated heterocycles. The van der Waals surface area contributed by atoms with Crippen LogP contribution in [-0.2, 0) is 4.79 Å². The summed E-state index contributed by atoms with van der Waals surface area (Å²) in [5.41, 5.74) is 0. The maximum atomic E-state index is 11.1. The molecule has 0 radical (unpaired) electrons. The number of rotatable bonds is 1. The van der Waals surface area contributed by atoms with E-state index < -0.39 is 0 Å². The zero-order valence-corrected chi connectivity index (χ0v) is 8.49. The normalized spacial score (nSPS) is 23.2. The minimum atomic E-state index is 0. The first-order chi connectivity index (χ1) is 5.25. The Morgan fingerprint density at radius 1 is 1.67 bits per heavy atom. The van der Waals surface area contributed by atoms with Gasteiger partial charge in [0.05, 0.1) is 0 Å². The van der Waals surface area contributed by atoms with E-state index in [-0.39, 0.29) is 18.3 Å². The van der Waals surface area contributed by atoms with Crippen LogP contribution in [-0.4, -0.2) is 36.5 Å². The Morgan fingerprint density at radius 2 is 2.33 bits per heavy atom. The second-order valence-corrected chi connectivity index (χ2v) is 2.98. The van der Waals surface area contributed by atoms with Crippen molar-refractivity contribution in [3.63, 3.8) is 0 Å². The fourth-order valence-corrected chi connectivity index (χ4v) is 1.54. The molecule has 0 aromatic heterocycles. The summed E-state index contributed by atoms with van der Waals surface area (Å²) in [7, 11) is 0. The van der Waals surface area contributed by atoms with E-state index in [4.69, 9.17) is 0 Å². The van der Waals surface area contributed by atoms with E-state index in [2.05, 4.69) is 12.2 Å². The van der Waals surface area contributed by atoms with E-state index >= 15 is 0 Å². The molecule has 1 aliphatic heterocycles. The molecule has 1 heterocycles. The molecule has 1 amide bonds. The second kappa shape index (κ2) is 5.38. The molecule has 0 aromatic rings. The quantitative estimate of drug-likeness (QED) is 0.662. The highest BCUT2D eigenvalue weighted by Gasteiger charge is 2.21. The highest BCUT2D eigenvalue weighted by Crippen LogP contribution is 2.06. The lowest BCUT2D eigenvalue weighted by Gasteiger charge is -2.34. The zero-order chi connectivity index (χ0) is 8.27. The van der Waals surface area contributed by atoms with Crippen LogP contribution in [0.15, 0.2) is 0 Å². The Hall–Kier alpha value is -0.280. The van der Waals surface area contributed by atoms with Gasteiger partial charge in [-0.25, -0.2) is 0 Å². The summed E-state index contributed by atoms with van der Waals surface area (Å²) in [5.74, 6) is 0.207. The molecule has 0 aromatic carbocycles. The molecule has 1 rings (SSSR count). The first-order valence-corrected chi connectivity index (χ1v) is 4.23. The number of nitrogens with zero attached hydrogens (tertiary/aromatic N) is 1. The Kier molecular flexibility index (Phi) is 5.25. The van der Waals surface area contributed by atoms with E-state index in [9.17, 15) is 4.79 Å². The Labute approximate surface area is 79.9 Å². The van der Waals surface area contributed by atoms with Gasteiger partial charge in [0.1, 0.15) is 0 Å². The fraction of sp³-hybridized carbons (Fsp3) is 0.875. The fourth-order valence-electron chi connectivity index (χ4n) is 1.54. The van der Waals surface area contributed by atoms with Gasteiger partial charge in [0.25, 0.3) is 0 Å². The summed E-state index contributed by atoms with van der Waals surface area (Å²) in [5, 5.41) is 3.28. The summed E-state index contributed by atoms with van der Waals surface area (Å²) >= 11 is 0. The summed E-state index contributed by atoms with van der Waals surface area (Å²) in [4.78, 5) is 13.0. The number of hydrogen-bond donors (Lipinski definition) is 1. The SMILES string of the molecule is CCC1CNCCN1C(C)=O.Cl. The number of carbonyl (C=O) groups is 1. The lowest BCUT2D eigenvalue weighted by atomic mass is 10.1. The van der Waals surface area contributed by atoms with Gasteiger partial charge in [-0.3, -0.25) is 4.79 Å². The lowest BCUT2D eigenvalue weighted by Crippen LogP contribution is -2.52. The largest absolute Gasteiger partial charge is 0.337 e. The van der Waals surface area contributed by atoms with E-state index in [0.717, 1.165) is 26.1 Å². The van der Waals surface area contributed by atoms with Crippen molar-refractivity contribution < 1.29 is 4.79 Å². The minimum Gasteiger partial charge on any atom is -0.337 e. The molecule has 0 spiro atoms. The molecule has 12 heavy (non-hydrogen) atoms. The van der Waals surface area contributed by atoms with Crippen LogP contribution in [0.3, 0.4) is 0 Å². The van der Waals surface area contributed by atoms with Crippen LogP contribution in [0.5, 0.6) is 0 Å². The lowest BCUT2D eigenvalue weighted by molar-refractivity contribution is -0.132. The molecule has 4 heteroatoms. The third-order valence-corrected chi connectivity index (χ3v) is 2.23. The first-order valence-electron chi connectivity index (χ1n) is 4.23. The van der Waals surface area contributed by atoms with Gasteiger partial charge >= 0.3 is 0 Å². The first kappa shape index (κ1) is 11.7. The number of halogens is 1. The van der Waals surface area contributed by atoms with Gasteiger partial charge in [-0.2, -0.15) is 0 Å². The van der Waals surface area contributed by atoms with E-state index in [1.54, 1.807) is 6.92 Å². The molecule has 1 atom stereocenters. The number of hydrogen-bond acceptors (Lipinski definition) is 2. The van der Waals surface area contributed by atoms with Gasteiger partial charge in [-0.1, -0.05) is 6.92 Å². The number of amides is 1. The van der Waals surface area contributed by atoms with Gasteiger partial charge in [0, 0.05) is 32.6 Å². The monoisotopic (exact) mass is 192 g/mol. The average Bonchev–Trinajstić information content (AvgIpc) is 2.04. The molecule has 1 unspecified atom stereocenters. The summed E-state index contributed by atoms with van der Waals surface area (Å²) in [6.45, 7) is 6.53. The van der Waals surface area contributed by atoms with E-state index in [0.29, 0.717) is 6.04 Å². The van der Waals surface area contributed by atoms with Gasteiger partial charge in [0.15, 0.2) is 0 Å². The summed E-state index contributed by atoms with van der Waals surface area (Å²) < 4.78 is 0. The van der Waals surface area contributed by atoms with Crippen molar-refractivity contribution in [1.82, 2.24) is 10.2 Å². The molecule has 3 nitrogen and oxygen atoms in total. The van der Waals surface area contributed by atoms with Crippen LogP contribution in [0.4, 0.5) is 0 Å². The van der Waals surface area contributed by atoms with Gasteiger partial charge in [-0.05, 0) is 6.42 Å². The molecular formula is C8H17ClN2O. The van der Waals surface area contributed by atoms with Gasteiger partial charge < -0.3 is 10.2 Å². The third kappa shape index (κ3) is 2.64. The highest BCUT2D eigenvalue weighted by atomic mass is 35.5. The van der Waals surface area contributed by atoms with Crippen molar-refractivity contribution in [2.75, 3.05) is 19.6 Å². The molecular weight excluding hydrogens is 176 g/mol. The van der Waals surface area contributed by atoms with Crippen molar-refractivity contribution in [2.24, 2.45) is 0 Å². The van der Waals surface area contributed by atoms with Crippen LogP contribution in [0.25, 0.3) is 0 Å². The van der Waals surface area contributed by atoms with Gasteiger partial charge in [0.2, 0.25) is 5.91 Å². The maximum absolute atomic E-state index is 11.1. The molecule has 1 aliphatic rings. The van der Waals surface area contributed by atoms with Crippen LogP contribution in [0.1, 0.15) is 20.3 Å². The molecule has 1 N–H and O–H groups in total. The zero-order valence-electron chi connectivity index (χ0n) is 7.67. The smallest absolute Gasteiger partial charge is 0.219 e. The average molecular weight is 193 g/mol. The van der Waals surface area contributed by atoms with Crippen molar-refractivity contribution in [1.29, 1.82) is 0 Å². The van der Waals surface area contributed by atoms with Gasteiger partial charge in [-0.15, -0.1) is 12.4 Å². The molecule has 72 valence electrons. The molecule has 1 fully saturated rings. The number of carbonyl (C=O) groups excluding carboxylic acids is 1. The second-order valence-electron chi connectivity index (χ2n) is 2.98. The van der Waals surface area contributed by atoms with Crippen LogP contribution in [0, 0.1) is 0 Å². The standard InChI is InChI=1S/C8H16N2O.ClH/c1-3-8-6-9-4-5-10(8)7(2)11;/h8-9H,3-6H2,1-2H3;1H. The Bertz CT molecular complexity index is 152. The minimum absolute atomic E-state index is 0. The number of nitrogens with one attached hydrogen (secondary N) is 1. The Morgan fingerprint density at radius 3 is 2.75 bits per heavy atom. The Balaban J connectivity index is 0.00000121. The van der Waals surface area contributed by atoms with Crippen molar-refractivity contribution in [3.05, 3.63) is 0 Å². The van der Waals surface area contributed by atoms with Crippen LogP contribution >= 0.6 is 12.4 Å². The maximum Gasteiger partial charge on any atom is 0.219 e. The van der Waals surface area contributed by atoms with E-state index in [1.807, 2.05) is 4.90 Å². The molecule has 0 saturated carbocycles. The van der Waals surface area contributed by atoms with E-state index in [1.165, 1.54) is 0 Å². The molecule has 0 bridgehead atoms. The summed E-state index contributed by atoms with van der Waals surface area (Å²) in [6, 6.07) is 0.418. The predicted octanol–water partition coefficient (Wildman–Crippen LogP) is 0.639. The number of piperazine rings is 1. The predicted molar refractivity (Wildman–Crippen MR) is 51.6 cm³/mol. The summed E-state index contributed by atoms with van der Waals surface area (Å²) in [6.07, 6.45) is 1.05. The van der Waals surface area contributed by atoms with Crippen molar-refractivity contribution >= 4 is 18.3 Å². The van der Waals surface area contributed by atoms with Crippen molar-refractivity contribution in [2.45, 2.75) is 26.3 Å². The van der Waals surface area contributed by atoms with Crippen LogP contribution < -0.4 is 5.32 Å². The van der Waals surface area contributed by atoms with Crippen LogP contribution in [0.2, 0.25) is 0 Å².